The van der Waals surface area contributed by atoms with Gasteiger partial charge in [-0.2, -0.15) is 17.4 Å². The van der Waals surface area contributed by atoms with Crippen LogP contribution in [0.2, 0.25) is 5.02 Å². The first-order valence-corrected chi connectivity index (χ1v) is 14.1. The zero-order valence-corrected chi connectivity index (χ0v) is 23.7. The number of unbranched alkanes of at least 4 members (excludes halogenated alkanes) is 1. The van der Waals surface area contributed by atoms with Gasteiger partial charge in [0, 0.05) is 24.2 Å². The Balaban J connectivity index is 1.93. The van der Waals surface area contributed by atoms with E-state index < -0.39 is 27.5 Å². The summed E-state index contributed by atoms with van der Waals surface area (Å²) in [5.41, 5.74) is -0.806. The van der Waals surface area contributed by atoms with Crippen molar-refractivity contribution in [3.8, 4) is 0 Å². The van der Waals surface area contributed by atoms with E-state index in [-0.39, 0.29) is 25.2 Å². The topological polar surface area (TPSA) is 105 Å². The van der Waals surface area contributed by atoms with Crippen LogP contribution in [-0.4, -0.2) is 60.1 Å². The van der Waals surface area contributed by atoms with Crippen molar-refractivity contribution in [2.24, 2.45) is 0 Å². The van der Waals surface area contributed by atoms with Crippen LogP contribution in [0.15, 0.2) is 24.3 Å². The molecule has 0 saturated carbocycles. The maximum atomic E-state index is 13.0. The van der Waals surface area contributed by atoms with Crippen molar-refractivity contribution in [3.63, 3.8) is 0 Å². The van der Waals surface area contributed by atoms with Crippen LogP contribution in [0.1, 0.15) is 79.2 Å². The molecule has 0 spiro atoms. The number of nitrogens with zero attached hydrogens (tertiary/aromatic N) is 2. The molecule has 1 atom stereocenters. The molecule has 0 aliphatic carbocycles. The summed E-state index contributed by atoms with van der Waals surface area (Å²) in [5.74, 6) is 0. The summed E-state index contributed by atoms with van der Waals surface area (Å²) in [6.07, 6.45) is 2.59. The predicted molar refractivity (Wildman–Crippen MR) is 140 cm³/mol. The Kier molecular flexibility index (Phi) is 10.5. The van der Waals surface area contributed by atoms with Crippen molar-refractivity contribution in [2.75, 3.05) is 13.1 Å². The zero-order chi connectivity index (χ0) is 27.1. The number of likely N-dealkylation sites (tertiary alicyclic amines) is 1. The number of rotatable bonds is 9. The molecule has 0 aromatic heterocycles. The quantitative estimate of drug-likeness (QED) is 0.412. The van der Waals surface area contributed by atoms with Crippen molar-refractivity contribution in [1.82, 2.24) is 13.9 Å². The molecule has 0 radical (unpaired) electrons. The minimum absolute atomic E-state index is 0.0830. The van der Waals surface area contributed by atoms with Crippen LogP contribution in [0, 0.1) is 0 Å². The van der Waals surface area contributed by atoms with Crippen molar-refractivity contribution < 1.29 is 27.5 Å². The van der Waals surface area contributed by atoms with Gasteiger partial charge in [0.25, 0.3) is 0 Å². The van der Waals surface area contributed by atoms with Crippen molar-refractivity contribution in [2.45, 2.75) is 97.4 Å². The molecule has 1 aromatic rings. The number of halogens is 1. The van der Waals surface area contributed by atoms with E-state index in [2.05, 4.69) is 4.72 Å². The first-order chi connectivity index (χ1) is 16.6. The van der Waals surface area contributed by atoms with Crippen LogP contribution in [0.5, 0.6) is 0 Å². The fourth-order valence-corrected chi connectivity index (χ4v) is 5.03. The highest BCUT2D eigenvalue weighted by Gasteiger charge is 2.33. The lowest BCUT2D eigenvalue weighted by Crippen LogP contribution is -2.46. The van der Waals surface area contributed by atoms with E-state index >= 15 is 0 Å². The zero-order valence-electron chi connectivity index (χ0n) is 22.2. The van der Waals surface area contributed by atoms with Gasteiger partial charge in [0.15, 0.2) is 0 Å². The summed E-state index contributed by atoms with van der Waals surface area (Å²) in [6.45, 7) is 11.2. The number of hydrogen-bond acceptors (Lipinski definition) is 6. The lowest BCUT2D eigenvalue weighted by atomic mass is 10.1. The average molecular weight is 546 g/mol. The summed E-state index contributed by atoms with van der Waals surface area (Å²) in [6, 6.07) is 6.67. The second-order valence-corrected chi connectivity index (χ2v) is 13.1. The molecule has 9 nitrogen and oxygen atoms in total. The molecule has 204 valence electrons. The van der Waals surface area contributed by atoms with Gasteiger partial charge in [-0.3, -0.25) is 0 Å². The number of benzene rings is 1. The molecule has 1 aliphatic heterocycles. The van der Waals surface area contributed by atoms with Crippen LogP contribution in [0.25, 0.3) is 0 Å². The van der Waals surface area contributed by atoms with Crippen molar-refractivity contribution in [3.05, 3.63) is 34.9 Å². The van der Waals surface area contributed by atoms with E-state index in [9.17, 15) is 18.0 Å². The van der Waals surface area contributed by atoms with Crippen LogP contribution in [-0.2, 0) is 26.2 Å². The third kappa shape index (κ3) is 10.1. The summed E-state index contributed by atoms with van der Waals surface area (Å²) in [7, 11) is -4.16. The predicted octanol–water partition coefficient (Wildman–Crippen LogP) is 5.48. The maximum Gasteiger partial charge on any atom is 0.425 e. The molecular formula is C25H40ClN3O6S. The summed E-state index contributed by atoms with van der Waals surface area (Å²) >= 11 is 5.92. The average Bonchev–Trinajstić information content (AvgIpc) is 3.19. The van der Waals surface area contributed by atoms with Gasteiger partial charge in [-0.1, -0.05) is 30.2 Å². The molecule has 1 aromatic carbocycles. The van der Waals surface area contributed by atoms with Gasteiger partial charge >= 0.3 is 22.4 Å². The van der Waals surface area contributed by atoms with Crippen LogP contribution in [0.3, 0.4) is 0 Å². The molecule has 0 bridgehead atoms. The monoisotopic (exact) mass is 545 g/mol. The SMILES string of the molecule is CC(C)(C)OC(=O)N1CCC[C@@H]1CCCCNS(=O)(=O)N(Cc1ccc(Cl)cc1)C(=O)OC(C)(C)C. The van der Waals surface area contributed by atoms with E-state index in [1.165, 1.54) is 0 Å². The Morgan fingerprint density at radius 2 is 1.67 bits per heavy atom. The second kappa shape index (κ2) is 12.5. The Hall–Kier alpha value is -2.04. The molecular weight excluding hydrogens is 506 g/mol. The molecule has 1 fully saturated rings. The summed E-state index contributed by atoms with van der Waals surface area (Å²) in [5, 5.41) is 0.510. The first kappa shape index (κ1) is 30.2. The Morgan fingerprint density at radius 1 is 1.06 bits per heavy atom. The summed E-state index contributed by atoms with van der Waals surface area (Å²) < 4.78 is 40.1. The number of nitrogens with one attached hydrogen (secondary N) is 1. The second-order valence-electron chi connectivity index (χ2n) is 11.0. The van der Waals surface area contributed by atoms with Gasteiger partial charge < -0.3 is 14.4 Å². The Morgan fingerprint density at radius 3 is 2.25 bits per heavy atom. The smallest absolute Gasteiger partial charge is 0.425 e. The van der Waals surface area contributed by atoms with E-state index in [4.69, 9.17) is 21.1 Å². The van der Waals surface area contributed by atoms with Crippen molar-refractivity contribution >= 4 is 34.0 Å². The Labute approximate surface area is 220 Å². The number of amides is 2. The Bertz CT molecular complexity index is 987. The van der Waals surface area contributed by atoms with Gasteiger partial charge in [-0.25, -0.2) is 9.59 Å². The molecule has 1 heterocycles. The number of ether oxygens (including phenoxy) is 2. The van der Waals surface area contributed by atoms with Crippen LogP contribution in [0.4, 0.5) is 9.59 Å². The molecule has 0 unspecified atom stereocenters. The van der Waals surface area contributed by atoms with E-state index in [0.717, 1.165) is 25.7 Å². The normalized spacial score (nSPS) is 16.6. The number of carbonyl (C=O) groups excluding carboxylic acids is 2. The van der Waals surface area contributed by atoms with E-state index in [1.807, 2.05) is 20.8 Å². The van der Waals surface area contributed by atoms with Crippen molar-refractivity contribution in [1.29, 1.82) is 0 Å². The number of hydrogen-bond donors (Lipinski definition) is 1. The molecule has 36 heavy (non-hydrogen) atoms. The van der Waals surface area contributed by atoms with Crippen LogP contribution < -0.4 is 4.72 Å². The largest absolute Gasteiger partial charge is 0.444 e. The molecule has 1 saturated heterocycles. The fraction of sp³-hybridized carbons (Fsp3) is 0.680. The fourth-order valence-electron chi connectivity index (χ4n) is 3.80. The lowest BCUT2D eigenvalue weighted by molar-refractivity contribution is 0.0218. The molecule has 2 amide bonds. The van der Waals surface area contributed by atoms with Gasteiger partial charge in [0.1, 0.15) is 11.2 Å². The molecule has 11 heteroatoms. The molecule has 1 aliphatic rings. The highest BCUT2D eigenvalue weighted by Crippen LogP contribution is 2.24. The van der Waals surface area contributed by atoms with Gasteiger partial charge in [0.05, 0.1) is 6.54 Å². The van der Waals surface area contributed by atoms with Gasteiger partial charge in [-0.05, 0) is 84.9 Å². The van der Waals surface area contributed by atoms with Gasteiger partial charge in [0.2, 0.25) is 0 Å². The third-order valence-corrected chi connectivity index (χ3v) is 7.06. The summed E-state index contributed by atoms with van der Waals surface area (Å²) in [4.78, 5) is 27.0. The lowest BCUT2D eigenvalue weighted by Gasteiger charge is -2.28. The minimum atomic E-state index is -4.16. The van der Waals surface area contributed by atoms with E-state index in [0.29, 0.717) is 27.9 Å². The van der Waals surface area contributed by atoms with E-state index in [1.54, 1.807) is 49.9 Å². The minimum Gasteiger partial charge on any atom is -0.444 e. The maximum absolute atomic E-state index is 13.0. The highest BCUT2D eigenvalue weighted by atomic mass is 35.5. The van der Waals surface area contributed by atoms with Crippen LogP contribution >= 0.6 is 11.6 Å². The molecule has 2 rings (SSSR count). The molecule has 1 N–H and O–H groups in total. The number of carbonyl (C=O) groups is 2. The standard InChI is InChI=1S/C25H40ClN3O6S/c1-24(2,3)34-22(30)28-17-9-11-21(28)10-7-8-16-27-36(32,33)29(23(31)35-25(4,5)6)18-19-12-14-20(26)15-13-19/h12-15,21,27H,7-11,16-18H2,1-6H3/t21-/m0/s1. The first-order valence-electron chi connectivity index (χ1n) is 12.3. The van der Waals surface area contributed by atoms with Gasteiger partial charge in [-0.15, -0.1) is 0 Å². The highest BCUT2D eigenvalue weighted by molar-refractivity contribution is 7.87. The third-order valence-electron chi connectivity index (χ3n) is 5.38.